The van der Waals surface area contributed by atoms with Gasteiger partial charge in [0.1, 0.15) is 5.52 Å². The number of benzene rings is 1. The zero-order valence-electron chi connectivity index (χ0n) is 15.1. The van der Waals surface area contributed by atoms with E-state index in [1.165, 1.54) is 16.7 Å². The minimum absolute atomic E-state index is 0.0393. The molecule has 0 spiro atoms. The van der Waals surface area contributed by atoms with Crippen LogP contribution >= 0.6 is 11.8 Å². The van der Waals surface area contributed by atoms with Crippen molar-refractivity contribution in [2.75, 3.05) is 11.1 Å². The van der Waals surface area contributed by atoms with Crippen LogP contribution in [0.25, 0.3) is 11.0 Å². The second-order valence-electron chi connectivity index (χ2n) is 6.07. The highest BCUT2D eigenvalue weighted by molar-refractivity contribution is 7.99. The molecule has 0 saturated carbocycles. The zero-order valence-corrected chi connectivity index (χ0v) is 15.9. The van der Waals surface area contributed by atoms with Crippen LogP contribution in [0.4, 0.5) is 18.9 Å². The Morgan fingerprint density at radius 2 is 1.96 bits per heavy atom. The number of nitrogens with one attached hydrogen (secondary N) is 2. The first-order valence-electron chi connectivity index (χ1n) is 8.39. The summed E-state index contributed by atoms with van der Waals surface area (Å²) in [7, 11) is 0. The Hall–Kier alpha value is -2.75. The number of aromatic nitrogens is 3. The van der Waals surface area contributed by atoms with Gasteiger partial charge >= 0.3 is 6.18 Å². The smallest absolute Gasteiger partial charge is 0.353 e. The second kappa shape index (κ2) is 7.70. The van der Waals surface area contributed by atoms with E-state index < -0.39 is 17.6 Å². The molecule has 0 radical (unpaired) electrons. The molecule has 1 aromatic carbocycles. The molecule has 3 rings (SSSR count). The Bertz CT molecular complexity index is 1070. The number of alkyl halides is 3. The molecule has 3 aromatic rings. The van der Waals surface area contributed by atoms with Gasteiger partial charge in [0.25, 0.3) is 5.56 Å². The van der Waals surface area contributed by atoms with E-state index >= 15 is 0 Å². The Kier molecular flexibility index (Phi) is 5.50. The maximum Gasteiger partial charge on any atom is 0.416 e. The van der Waals surface area contributed by atoms with Crippen molar-refractivity contribution in [1.82, 2.24) is 14.5 Å². The summed E-state index contributed by atoms with van der Waals surface area (Å²) in [5.41, 5.74) is 1.01. The van der Waals surface area contributed by atoms with Crippen LogP contribution in [-0.4, -0.2) is 26.2 Å². The van der Waals surface area contributed by atoms with Crippen LogP contribution in [0.1, 0.15) is 18.2 Å². The van der Waals surface area contributed by atoms with E-state index in [1.54, 1.807) is 13.0 Å². The van der Waals surface area contributed by atoms with Crippen LogP contribution in [0.3, 0.4) is 0 Å². The van der Waals surface area contributed by atoms with Gasteiger partial charge in [0, 0.05) is 17.9 Å². The molecule has 6 nitrogen and oxygen atoms in total. The first-order valence-corrected chi connectivity index (χ1v) is 9.37. The Labute approximate surface area is 162 Å². The van der Waals surface area contributed by atoms with Crippen molar-refractivity contribution in [2.24, 2.45) is 0 Å². The summed E-state index contributed by atoms with van der Waals surface area (Å²) in [6, 6.07) is 5.95. The lowest BCUT2D eigenvalue weighted by Gasteiger charge is -2.10. The van der Waals surface area contributed by atoms with Gasteiger partial charge in [-0.05, 0) is 44.2 Å². The number of halogens is 3. The number of H-pyrrole nitrogens is 1. The number of carbonyl (C=O) groups is 1. The monoisotopic (exact) mass is 410 g/mol. The highest BCUT2D eigenvalue weighted by atomic mass is 32.2. The summed E-state index contributed by atoms with van der Waals surface area (Å²) in [5.74, 6) is -0.449. The summed E-state index contributed by atoms with van der Waals surface area (Å²) in [6.07, 6.45) is -4.43. The van der Waals surface area contributed by atoms with Gasteiger partial charge in [-0.2, -0.15) is 13.2 Å². The number of nitrogens with zero attached hydrogens (tertiary/aromatic N) is 2. The molecular weight excluding hydrogens is 393 g/mol. The molecule has 0 saturated heterocycles. The molecule has 0 aliphatic rings. The quantitative estimate of drug-likeness (QED) is 0.495. The Balaban J connectivity index is 1.71. The highest BCUT2D eigenvalue weighted by Crippen LogP contribution is 2.29. The van der Waals surface area contributed by atoms with E-state index in [0.717, 1.165) is 29.6 Å². The molecule has 10 heteroatoms. The number of aryl methyl sites for hydroxylation is 1. The number of hydrogen-bond acceptors (Lipinski definition) is 4. The van der Waals surface area contributed by atoms with Gasteiger partial charge in [-0.1, -0.05) is 11.8 Å². The van der Waals surface area contributed by atoms with E-state index in [-0.39, 0.29) is 17.0 Å². The van der Waals surface area contributed by atoms with Gasteiger partial charge in [0.05, 0.1) is 16.8 Å². The lowest BCUT2D eigenvalue weighted by atomic mass is 10.2. The van der Waals surface area contributed by atoms with Gasteiger partial charge in [-0.15, -0.1) is 0 Å². The maximum absolute atomic E-state index is 12.6. The topological polar surface area (TPSA) is 79.8 Å². The molecule has 2 heterocycles. The van der Waals surface area contributed by atoms with Crippen molar-refractivity contribution in [3.63, 3.8) is 0 Å². The number of thioether (sulfide) groups is 1. The molecule has 0 aliphatic heterocycles. The van der Waals surface area contributed by atoms with Crippen LogP contribution < -0.4 is 10.9 Å². The molecule has 2 aromatic heterocycles. The van der Waals surface area contributed by atoms with Gasteiger partial charge < -0.3 is 10.3 Å². The number of hydrogen-bond donors (Lipinski definition) is 2. The summed E-state index contributed by atoms with van der Waals surface area (Å²) in [4.78, 5) is 32.1. The van der Waals surface area contributed by atoms with Crippen LogP contribution in [0.15, 0.2) is 40.3 Å². The molecule has 0 aliphatic carbocycles. The van der Waals surface area contributed by atoms with Crippen molar-refractivity contribution in [3.8, 4) is 0 Å². The SMILES string of the molecule is CCn1c(SCC(=O)Nc2ccc(C(F)(F)F)cc2)nc2cc(C)[nH]c2c1=O. The van der Waals surface area contributed by atoms with Crippen molar-refractivity contribution in [2.45, 2.75) is 31.7 Å². The van der Waals surface area contributed by atoms with Crippen LogP contribution in [0.5, 0.6) is 0 Å². The fourth-order valence-corrected chi connectivity index (χ4v) is 3.53. The summed E-state index contributed by atoms with van der Waals surface area (Å²) in [5, 5.41) is 2.94. The molecule has 2 N–H and O–H groups in total. The van der Waals surface area contributed by atoms with Crippen LogP contribution in [0.2, 0.25) is 0 Å². The number of aromatic amines is 1. The van der Waals surface area contributed by atoms with Crippen LogP contribution in [0, 0.1) is 6.92 Å². The van der Waals surface area contributed by atoms with Crippen LogP contribution in [-0.2, 0) is 17.5 Å². The molecule has 0 atom stereocenters. The molecule has 1 amide bonds. The zero-order chi connectivity index (χ0) is 20.5. The third-order valence-corrected chi connectivity index (χ3v) is 4.96. The van der Waals surface area contributed by atoms with Crippen molar-refractivity contribution in [1.29, 1.82) is 0 Å². The lowest BCUT2D eigenvalue weighted by molar-refractivity contribution is -0.137. The van der Waals surface area contributed by atoms with E-state index in [4.69, 9.17) is 0 Å². The maximum atomic E-state index is 12.6. The van der Waals surface area contributed by atoms with E-state index in [1.807, 2.05) is 6.92 Å². The number of rotatable bonds is 5. The lowest BCUT2D eigenvalue weighted by Crippen LogP contribution is -2.23. The Morgan fingerprint density at radius 3 is 2.57 bits per heavy atom. The van der Waals surface area contributed by atoms with E-state index in [0.29, 0.717) is 22.7 Å². The van der Waals surface area contributed by atoms with E-state index in [2.05, 4.69) is 15.3 Å². The predicted molar refractivity (Wildman–Crippen MR) is 102 cm³/mol. The average molecular weight is 410 g/mol. The number of fused-ring (bicyclic) bond motifs is 1. The van der Waals surface area contributed by atoms with Gasteiger partial charge in [0.2, 0.25) is 5.91 Å². The summed E-state index contributed by atoms with van der Waals surface area (Å²) >= 11 is 1.09. The standard InChI is InChI=1S/C18H17F3N4O2S/c1-3-25-16(27)15-13(8-10(2)22-15)24-17(25)28-9-14(26)23-12-6-4-11(5-7-12)18(19,20)21/h4-8,22H,3,9H2,1-2H3,(H,23,26). The second-order valence-corrected chi connectivity index (χ2v) is 7.01. The third-order valence-electron chi connectivity index (χ3n) is 3.98. The normalized spacial score (nSPS) is 11.8. The average Bonchev–Trinajstić information content (AvgIpc) is 3.00. The summed E-state index contributed by atoms with van der Waals surface area (Å²) in [6.45, 7) is 4.02. The number of amides is 1. The minimum atomic E-state index is -4.43. The van der Waals surface area contributed by atoms with Gasteiger partial charge in [-0.3, -0.25) is 14.2 Å². The van der Waals surface area contributed by atoms with Crippen molar-refractivity contribution >= 4 is 34.4 Å². The largest absolute Gasteiger partial charge is 0.416 e. The Morgan fingerprint density at radius 1 is 1.29 bits per heavy atom. The molecule has 0 bridgehead atoms. The fraction of sp³-hybridized carbons (Fsp3) is 0.278. The third kappa shape index (κ3) is 4.22. The molecule has 0 unspecified atom stereocenters. The van der Waals surface area contributed by atoms with E-state index in [9.17, 15) is 22.8 Å². The van der Waals surface area contributed by atoms with Crippen molar-refractivity contribution in [3.05, 3.63) is 51.9 Å². The highest BCUT2D eigenvalue weighted by Gasteiger charge is 2.30. The number of carbonyl (C=O) groups excluding carboxylic acids is 1. The van der Waals surface area contributed by atoms with Crippen molar-refractivity contribution < 1.29 is 18.0 Å². The summed E-state index contributed by atoms with van der Waals surface area (Å²) < 4.78 is 39.2. The molecule has 28 heavy (non-hydrogen) atoms. The first kappa shape index (κ1) is 20.0. The number of anilines is 1. The van der Waals surface area contributed by atoms with Gasteiger partial charge in [0.15, 0.2) is 5.16 Å². The molecular formula is C18H17F3N4O2S. The predicted octanol–water partition coefficient (Wildman–Crippen LogP) is 3.80. The molecule has 148 valence electrons. The first-order chi connectivity index (χ1) is 13.2. The molecule has 0 fully saturated rings. The van der Waals surface area contributed by atoms with Gasteiger partial charge in [-0.25, -0.2) is 4.98 Å². The fourth-order valence-electron chi connectivity index (χ4n) is 2.67. The minimum Gasteiger partial charge on any atom is -0.353 e.